The second-order valence-corrected chi connectivity index (χ2v) is 12.3. The third-order valence-corrected chi connectivity index (χ3v) is 10.5. The Morgan fingerprint density at radius 2 is 1.97 bits per heavy atom. The molecule has 3 heterocycles. The van der Waals surface area contributed by atoms with E-state index in [2.05, 4.69) is 41.4 Å². The van der Waals surface area contributed by atoms with Crippen molar-refractivity contribution >= 4 is 16.5 Å². The summed E-state index contributed by atoms with van der Waals surface area (Å²) < 4.78 is 23.9. The van der Waals surface area contributed by atoms with Crippen molar-refractivity contribution in [1.29, 1.82) is 0 Å². The van der Waals surface area contributed by atoms with Gasteiger partial charge in [0.05, 0.1) is 23.4 Å². The minimum Gasteiger partial charge on any atom is -0.389 e. The topological polar surface area (TPSA) is 78.7 Å². The molecule has 7 rings (SSSR count). The van der Waals surface area contributed by atoms with Gasteiger partial charge in [0.2, 0.25) is 0 Å². The molecule has 2 N–H and O–H groups in total. The number of fused-ring (bicyclic) bond motifs is 2. The zero-order valence-corrected chi connectivity index (χ0v) is 21.1. The molecule has 2 aliphatic heterocycles. The van der Waals surface area contributed by atoms with E-state index >= 15 is 4.39 Å². The Morgan fingerprint density at radius 3 is 2.78 bits per heavy atom. The molecular formula is C29H34FN3O3. The zero-order valence-electron chi connectivity index (χ0n) is 21.1. The van der Waals surface area contributed by atoms with E-state index in [1.807, 2.05) is 31.1 Å². The maximum atomic E-state index is 16.9. The number of aromatic nitrogens is 2. The molecule has 190 valence electrons. The smallest absolute Gasteiger partial charge is 0.171 e. The standard InChI is InChI=1S/C29H34FN3O3/c1-26-10-8-19-15-29(30)25(35)24(34)22(33(2)3)16-27(29)11-12-28(19,36-27)23(26)7-5-20(26)17-4-6-21-18(14-17)9-13-31-32-21/h4-6,8-9,13-14,22-25,34-35H,7,10-12,15-16H2,1-3H3. The molecule has 8 unspecified atom stereocenters. The van der Waals surface area contributed by atoms with Crippen LogP contribution in [-0.4, -0.2) is 74.5 Å². The Morgan fingerprint density at radius 1 is 1.14 bits per heavy atom. The van der Waals surface area contributed by atoms with Gasteiger partial charge in [0.25, 0.3) is 0 Å². The first-order valence-corrected chi connectivity index (χ1v) is 13.2. The van der Waals surface area contributed by atoms with Crippen molar-refractivity contribution in [3.8, 4) is 0 Å². The Bertz CT molecular complexity index is 1330. The average Bonchev–Trinajstić information content (AvgIpc) is 3.40. The SMILES string of the molecule is CN(C)C1CC23CCC4(O2)C(=CCC2(C)C(c5ccc6nnccc6c5)=CCC24)CC3(F)C(O)C1O. The number of allylic oxidation sites excluding steroid dienone is 3. The predicted octanol–water partition coefficient (Wildman–Crippen LogP) is 3.83. The molecule has 2 bridgehead atoms. The zero-order chi connectivity index (χ0) is 25.1. The highest BCUT2D eigenvalue weighted by atomic mass is 19.1. The summed E-state index contributed by atoms with van der Waals surface area (Å²) in [6, 6.07) is 8.02. The number of benzene rings is 1. The number of ether oxygens (including phenoxy) is 1. The fourth-order valence-electron chi connectivity index (χ4n) is 8.59. The summed E-state index contributed by atoms with van der Waals surface area (Å²) in [5.74, 6) is 0.206. The van der Waals surface area contributed by atoms with Crippen LogP contribution in [0.2, 0.25) is 0 Å². The predicted molar refractivity (Wildman–Crippen MR) is 135 cm³/mol. The highest BCUT2D eigenvalue weighted by molar-refractivity contribution is 5.85. The molecule has 7 heteroatoms. The minimum atomic E-state index is -1.98. The largest absolute Gasteiger partial charge is 0.389 e. The lowest BCUT2D eigenvalue weighted by Crippen LogP contribution is -2.73. The number of hydrogen-bond acceptors (Lipinski definition) is 6. The summed E-state index contributed by atoms with van der Waals surface area (Å²) in [6.07, 6.45) is 7.19. The van der Waals surface area contributed by atoms with Crippen molar-refractivity contribution in [2.75, 3.05) is 14.1 Å². The van der Waals surface area contributed by atoms with Crippen LogP contribution in [0.15, 0.2) is 48.2 Å². The number of aliphatic hydroxyl groups is 2. The van der Waals surface area contributed by atoms with Gasteiger partial charge in [-0.25, -0.2) is 4.39 Å². The molecule has 1 saturated carbocycles. The van der Waals surface area contributed by atoms with E-state index in [4.69, 9.17) is 4.74 Å². The number of hydrogen-bond donors (Lipinski definition) is 2. The van der Waals surface area contributed by atoms with Crippen molar-refractivity contribution in [2.45, 2.75) is 80.6 Å². The summed E-state index contributed by atoms with van der Waals surface area (Å²) in [7, 11) is 3.75. The molecule has 0 radical (unpaired) electrons. The highest BCUT2D eigenvalue weighted by Crippen LogP contribution is 2.70. The Kier molecular flexibility index (Phi) is 4.61. The van der Waals surface area contributed by atoms with Gasteiger partial charge in [-0.05, 0) is 81.1 Å². The Hall–Kier alpha value is -2.19. The molecule has 3 aliphatic carbocycles. The van der Waals surface area contributed by atoms with Crippen molar-refractivity contribution in [1.82, 2.24) is 15.1 Å². The molecule has 0 amide bonds. The van der Waals surface area contributed by atoms with Crippen LogP contribution < -0.4 is 0 Å². The van der Waals surface area contributed by atoms with Gasteiger partial charge in [0.1, 0.15) is 11.7 Å². The number of halogens is 1. The first kappa shape index (κ1) is 23.0. The van der Waals surface area contributed by atoms with Crippen LogP contribution in [0.25, 0.3) is 16.5 Å². The van der Waals surface area contributed by atoms with Gasteiger partial charge >= 0.3 is 0 Å². The van der Waals surface area contributed by atoms with Gasteiger partial charge in [-0.3, -0.25) is 0 Å². The summed E-state index contributed by atoms with van der Waals surface area (Å²) in [5.41, 5.74) is 0.664. The van der Waals surface area contributed by atoms with Gasteiger partial charge in [-0.1, -0.05) is 25.1 Å². The molecule has 3 fully saturated rings. The lowest BCUT2D eigenvalue weighted by Gasteiger charge is -2.61. The Balaban J connectivity index is 1.29. The highest BCUT2D eigenvalue weighted by Gasteiger charge is 2.76. The van der Waals surface area contributed by atoms with Crippen molar-refractivity contribution in [3.63, 3.8) is 0 Å². The van der Waals surface area contributed by atoms with Crippen molar-refractivity contribution < 1.29 is 19.3 Å². The molecule has 2 aromatic rings. The van der Waals surface area contributed by atoms with Crippen molar-refractivity contribution in [3.05, 3.63) is 53.8 Å². The number of likely N-dealkylation sites (N-methyl/N-ethyl adjacent to an activating group) is 1. The molecule has 2 spiro atoms. The van der Waals surface area contributed by atoms with Gasteiger partial charge in [-0.2, -0.15) is 10.2 Å². The fourth-order valence-corrected chi connectivity index (χ4v) is 8.59. The molecule has 8 atom stereocenters. The van der Waals surface area contributed by atoms with Crippen LogP contribution >= 0.6 is 0 Å². The van der Waals surface area contributed by atoms with E-state index in [9.17, 15) is 10.2 Å². The van der Waals surface area contributed by atoms with Gasteiger partial charge in [-0.15, -0.1) is 0 Å². The first-order chi connectivity index (χ1) is 17.1. The van der Waals surface area contributed by atoms with Crippen LogP contribution in [-0.2, 0) is 4.74 Å². The lowest BCUT2D eigenvalue weighted by molar-refractivity contribution is -0.282. The van der Waals surface area contributed by atoms with E-state index in [0.29, 0.717) is 12.8 Å². The second-order valence-electron chi connectivity index (χ2n) is 12.3. The number of aliphatic hydroxyl groups excluding tert-OH is 2. The number of alkyl halides is 1. The molecule has 6 nitrogen and oxygen atoms in total. The Labute approximate surface area is 210 Å². The van der Waals surface area contributed by atoms with Gasteiger partial charge in [0, 0.05) is 29.2 Å². The monoisotopic (exact) mass is 491 g/mol. The normalized spacial score (nSPS) is 45.2. The van der Waals surface area contributed by atoms with Gasteiger partial charge < -0.3 is 19.8 Å². The third kappa shape index (κ3) is 2.65. The second kappa shape index (κ2) is 7.22. The quantitative estimate of drug-likeness (QED) is 0.622. The minimum absolute atomic E-state index is 0.132. The number of rotatable bonds is 2. The summed E-state index contributed by atoms with van der Waals surface area (Å²) in [6.45, 7) is 2.33. The molecule has 1 aromatic heterocycles. The molecule has 36 heavy (non-hydrogen) atoms. The van der Waals surface area contributed by atoms with E-state index < -0.39 is 29.1 Å². The lowest BCUT2D eigenvalue weighted by atomic mass is 9.56. The average molecular weight is 492 g/mol. The maximum absolute atomic E-state index is 16.9. The van der Waals surface area contributed by atoms with E-state index in [0.717, 1.165) is 35.7 Å². The molecule has 2 saturated heterocycles. The molecular weight excluding hydrogens is 457 g/mol. The van der Waals surface area contributed by atoms with E-state index in [1.165, 1.54) is 11.1 Å². The van der Waals surface area contributed by atoms with Crippen LogP contribution in [0.5, 0.6) is 0 Å². The summed E-state index contributed by atoms with van der Waals surface area (Å²) >= 11 is 0. The van der Waals surface area contributed by atoms with Crippen LogP contribution in [0.1, 0.15) is 51.0 Å². The summed E-state index contributed by atoms with van der Waals surface area (Å²) in [4.78, 5) is 1.90. The molecule has 5 aliphatic rings. The third-order valence-electron chi connectivity index (χ3n) is 10.5. The van der Waals surface area contributed by atoms with E-state index in [1.54, 1.807) is 6.20 Å². The summed E-state index contributed by atoms with van der Waals surface area (Å²) in [5, 5.41) is 31.2. The molecule has 1 aromatic carbocycles. The van der Waals surface area contributed by atoms with Crippen LogP contribution in [0.3, 0.4) is 0 Å². The maximum Gasteiger partial charge on any atom is 0.171 e. The number of nitrogens with zero attached hydrogens (tertiary/aromatic N) is 3. The fraction of sp³-hybridized carbons (Fsp3) is 0.586. The van der Waals surface area contributed by atoms with Crippen molar-refractivity contribution in [2.24, 2.45) is 11.3 Å². The van der Waals surface area contributed by atoms with Crippen LogP contribution in [0.4, 0.5) is 4.39 Å². The van der Waals surface area contributed by atoms with Crippen LogP contribution in [0, 0.1) is 11.3 Å². The van der Waals surface area contributed by atoms with Gasteiger partial charge in [0.15, 0.2) is 5.67 Å². The van der Waals surface area contributed by atoms with E-state index in [-0.39, 0.29) is 23.8 Å². The first-order valence-electron chi connectivity index (χ1n) is 13.2.